The molecule has 170 valence electrons. The van der Waals surface area contributed by atoms with Gasteiger partial charge in [-0.2, -0.15) is 0 Å². The van der Waals surface area contributed by atoms with Gasteiger partial charge in [0.2, 0.25) is 5.91 Å². The van der Waals surface area contributed by atoms with Crippen LogP contribution in [-0.2, 0) is 4.79 Å². The number of nitrogens with zero attached hydrogens (tertiary/aromatic N) is 1. The predicted molar refractivity (Wildman–Crippen MR) is 132 cm³/mol. The van der Waals surface area contributed by atoms with E-state index in [1.165, 1.54) is 0 Å². The lowest BCUT2D eigenvalue weighted by Gasteiger charge is -2.18. The van der Waals surface area contributed by atoms with Crippen LogP contribution >= 0.6 is 0 Å². The Kier molecular flexibility index (Phi) is 7.81. The lowest BCUT2D eigenvalue weighted by molar-refractivity contribution is -0.114. The monoisotopic (exact) mass is 444 g/mol. The van der Waals surface area contributed by atoms with E-state index < -0.39 is 0 Å². The quantitative estimate of drug-likeness (QED) is 0.487. The summed E-state index contributed by atoms with van der Waals surface area (Å²) >= 11 is 0. The Bertz CT molecular complexity index is 1110. The van der Waals surface area contributed by atoms with Gasteiger partial charge in [-0.3, -0.25) is 14.4 Å². The third-order valence-electron chi connectivity index (χ3n) is 4.86. The molecular formula is C26H28N4O3. The minimum Gasteiger partial charge on any atom is -0.376 e. The van der Waals surface area contributed by atoms with Crippen LogP contribution in [0, 0.1) is 0 Å². The summed E-state index contributed by atoms with van der Waals surface area (Å²) in [6.07, 6.45) is 0. The molecule has 3 N–H and O–H groups in total. The van der Waals surface area contributed by atoms with Gasteiger partial charge in [-0.05, 0) is 68.4 Å². The van der Waals surface area contributed by atoms with Crippen LogP contribution in [0.4, 0.5) is 17.1 Å². The smallest absolute Gasteiger partial charge is 0.258 e. The summed E-state index contributed by atoms with van der Waals surface area (Å²) in [5, 5.41) is 8.65. The number of rotatable bonds is 8. The fraction of sp³-hybridized carbons (Fsp3) is 0.192. The molecule has 0 unspecified atom stereocenters. The number of carbonyl (C=O) groups excluding carboxylic acids is 3. The molecule has 0 aliphatic heterocycles. The lowest BCUT2D eigenvalue weighted by atomic mass is 10.1. The van der Waals surface area contributed by atoms with Crippen molar-refractivity contribution in [3.05, 3.63) is 90.0 Å². The van der Waals surface area contributed by atoms with Crippen molar-refractivity contribution in [2.24, 2.45) is 0 Å². The summed E-state index contributed by atoms with van der Waals surface area (Å²) in [6.45, 7) is 3.82. The van der Waals surface area contributed by atoms with Gasteiger partial charge >= 0.3 is 0 Å². The molecule has 0 aliphatic carbocycles. The number of hydrogen-bond donors (Lipinski definition) is 3. The SMILES string of the molecule is CC(C)NC(=O)c1ccc(NC(=O)CNc2cccc(C(=O)N(C)c3ccccc3)c2)cc1. The van der Waals surface area contributed by atoms with E-state index in [4.69, 9.17) is 0 Å². The third kappa shape index (κ3) is 6.67. The molecule has 0 fully saturated rings. The van der Waals surface area contributed by atoms with Crippen molar-refractivity contribution in [3.63, 3.8) is 0 Å². The normalized spacial score (nSPS) is 10.4. The van der Waals surface area contributed by atoms with Crippen LogP contribution in [0.2, 0.25) is 0 Å². The molecule has 3 aromatic carbocycles. The molecule has 0 aliphatic rings. The molecule has 3 amide bonds. The van der Waals surface area contributed by atoms with E-state index in [0.29, 0.717) is 22.5 Å². The van der Waals surface area contributed by atoms with Crippen molar-refractivity contribution in [2.45, 2.75) is 19.9 Å². The van der Waals surface area contributed by atoms with E-state index in [1.54, 1.807) is 60.5 Å². The third-order valence-corrected chi connectivity index (χ3v) is 4.86. The van der Waals surface area contributed by atoms with E-state index in [0.717, 1.165) is 5.69 Å². The second-order valence-corrected chi connectivity index (χ2v) is 7.89. The van der Waals surface area contributed by atoms with Gasteiger partial charge in [0, 0.05) is 41.3 Å². The largest absolute Gasteiger partial charge is 0.376 e. The summed E-state index contributed by atoms with van der Waals surface area (Å²) in [4.78, 5) is 38.7. The topological polar surface area (TPSA) is 90.5 Å². The van der Waals surface area contributed by atoms with Gasteiger partial charge in [0.25, 0.3) is 11.8 Å². The number of carbonyl (C=O) groups is 3. The van der Waals surface area contributed by atoms with Crippen molar-refractivity contribution >= 4 is 34.8 Å². The van der Waals surface area contributed by atoms with Crippen molar-refractivity contribution in [3.8, 4) is 0 Å². The molecular weight excluding hydrogens is 416 g/mol. The second-order valence-electron chi connectivity index (χ2n) is 7.89. The van der Waals surface area contributed by atoms with Crippen LogP contribution in [0.3, 0.4) is 0 Å². The lowest BCUT2D eigenvalue weighted by Crippen LogP contribution is -2.30. The molecule has 0 atom stereocenters. The fourth-order valence-electron chi connectivity index (χ4n) is 3.16. The van der Waals surface area contributed by atoms with Crippen molar-refractivity contribution in [2.75, 3.05) is 29.1 Å². The zero-order chi connectivity index (χ0) is 23.8. The molecule has 3 rings (SSSR count). The molecule has 33 heavy (non-hydrogen) atoms. The first-order valence-electron chi connectivity index (χ1n) is 10.7. The summed E-state index contributed by atoms with van der Waals surface area (Å²) in [5.41, 5.74) is 3.10. The highest BCUT2D eigenvalue weighted by atomic mass is 16.2. The van der Waals surface area contributed by atoms with Gasteiger partial charge in [0.1, 0.15) is 0 Å². The maximum absolute atomic E-state index is 12.8. The van der Waals surface area contributed by atoms with Crippen LogP contribution < -0.4 is 20.9 Å². The summed E-state index contributed by atoms with van der Waals surface area (Å²) < 4.78 is 0. The first-order chi connectivity index (χ1) is 15.8. The average Bonchev–Trinajstić information content (AvgIpc) is 2.82. The van der Waals surface area contributed by atoms with Crippen LogP contribution in [0.1, 0.15) is 34.6 Å². The summed E-state index contributed by atoms with van der Waals surface area (Å²) in [7, 11) is 1.73. The minimum atomic E-state index is -0.243. The van der Waals surface area contributed by atoms with E-state index in [-0.39, 0.29) is 30.3 Å². The summed E-state index contributed by atoms with van der Waals surface area (Å²) in [6, 6.07) is 23.2. The Morgan fingerprint density at radius 3 is 2.18 bits per heavy atom. The maximum atomic E-state index is 12.8. The molecule has 0 spiro atoms. The van der Waals surface area contributed by atoms with Gasteiger partial charge < -0.3 is 20.9 Å². The Hall–Kier alpha value is -4.13. The van der Waals surface area contributed by atoms with E-state index in [1.807, 2.05) is 44.2 Å². The van der Waals surface area contributed by atoms with E-state index >= 15 is 0 Å². The van der Waals surface area contributed by atoms with E-state index in [9.17, 15) is 14.4 Å². The highest BCUT2D eigenvalue weighted by Gasteiger charge is 2.14. The fourth-order valence-corrected chi connectivity index (χ4v) is 3.16. The van der Waals surface area contributed by atoms with Crippen LogP contribution in [-0.4, -0.2) is 37.4 Å². The first-order valence-corrected chi connectivity index (χ1v) is 10.7. The molecule has 3 aromatic rings. The van der Waals surface area contributed by atoms with Gasteiger partial charge in [0.15, 0.2) is 0 Å². The van der Waals surface area contributed by atoms with Gasteiger partial charge in [-0.15, -0.1) is 0 Å². The zero-order valence-corrected chi connectivity index (χ0v) is 19.0. The molecule has 0 saturated heterocycles. The van der Waals surface area contributed by atoms with Gasteiger partial charge in [-0.1, -0.05) is 24.3 Å². The molecule has 0 bridgehead atoms. The maximum Gasteiger partial charge on any atom is 0.258 e. The minimum absolute atomic E-state index is 0.0295. The number of hydrogen-bond acceptors (Lipinski definition) is 4. The first kappa shape index (κ1) is 23.5. The standard InChI is InChI=1S/C26H28N4O3/c1-18(2)28-25(32)19-12-14-21(15-13-19)29-24(31)17-27-22-9-7-8-20(16-22)26(33)30(3)23-10-5-4-6-11-23/h4-16,18,27H,17H2,1-3H3,(H,28,32)(H,29,31). The highest BCUT2D eigenvalue weighted by Crippen LogP contribution is 2.17. The van der Waals surface area contributed by atoms with Crippen LogP contribution in [0.25, 0.3) is 0 Å². The Morgan fingerprint density at radius 1 is 0.818 bits per heavy atom. The number of anilines is 3. The zero-order valence-electron chi connectivity index (χ0n) is 19.0. The molecule has 0 saturated carbocycles. The van der Waals surface area contributed by atoms with E-state index in [2.05, 4.69) is 16.0 Å². The Morgan fingerprint density at radius 2 is 1.52 bits per heavy atom. The number of nitrogens with one attached hydrogen (secondary N) is 3. The average molecular weight is 445 g/mol. The Labute approximate surface area is 193 Å². The number of para-hydroxylation sites is 1. The molecule has 0 heterocycles. The molecule has 7 nitrogen and oxygen atoms in total. The summed E-state index contributed by atoms with van der Waals surface area (Å²) in [5.74, 6) is -0.541. The molecule has 0 radical (unpaired) electrons. The second kappa shape index (κ2) is 10.9. The van der Waals surface area contributed by atoms with Crippen LogP contribution in [0.5, 0.6) is 0 Å². The van der Waals surface area contributed by atoms with Crippen molar-refractivity contribution in [1.82, 2.24) is 5.32 Å². The van der Waals surface area contributed by atoms with Crippen molar-refractivity contribution in [1.29, 1.82) is 0 Å². The predicted octanol–water partition coefficient (Wildman–Crippen LogP) is 4.15. The Balaban J connectivity index is 1.55. The highest BCUT2D eigenvalue weighted by molar-refractivity contribution is 6.06. The molecule has 0 aromatic heterocycles. The van der Waals surface area contributed by atoms with Crippen LogP contribution in [0.15, 0.2) is 78.9 Å². The number of amides is 3. The molecule has 7 heteroatoms. The number of benzene rings is 3. The van der Waals surface area contributed by atoms with Gasteiger partial charge in [0.05, 0.1) is 6.54 Å². The van der Waals surface area contributed by atoms with Crippen molar-refractivity contribution < 1.29 is 14.4 Å². The van der Waals surface area contributed by atoms with Gasteiger partial charge in [-0.25, -0.2) is 0 Å².